The molecule has 0 amide bonds. The molecule has 3 heteroatoms. The van der Waals surface area contributed by atoms with Gasteiger partial charge >= 0.3 is 0 Å². The highest BCUT2D eigenvalue weighted by Gasteiger charge is 2.08. The van der Waals surface area contributed by atoms with Gasteiger partial charge in [0.15, 0.2) is 0 Å². The third-order valence-electron chi connectivity index (χ3n) is 2.18. The van der Waals surface area contributed by atoms with Gasteiger partial charge in [0.2, 0.25) is 0 Å². The van der Waals surface area contributed by atoms with Gasteiger partial charge in [0.25, 0.3) is 0 Å². The lowest BCUT2D eigenvalue weighted by atomic mass is 10.1. The molecule has 88 valence electrons. The normalized spacial score (nSPS) is 10.9. The first-order valence-corrected chi connectivity index (χ1v) is 6.30. The van der Waals surface area contributed by atoms with Gasteiger partial charge < -0.3 is 10.5 Å². The molecule has 0 bridgehead atoms. The lowest BCUT2D eigenvalue weighted by Crippen LogP contribution is -2.02. The minimum Gasteiger partial charge on any atom is -0.491 e. The smallest absolute Gasteiger partial charge is 0.145 e. The first kappa shape index (κ1) is 13.1. The quantitative estimate of drug-likeness (QED) is 0.656. The van der Waals surface area contributed by atoms with Crippen LogP contribution < -0.4 is 10.5 Å². The molecule has 0 aromatic heterocycles. The maximum absolute atomic E-state index is 5.96. The lowest BCUT2D eigenvalue weighted by molar-refractivity contribution is 0.316. The second kappa shape index (κ2) is 6.59. The number of rotatable bonds is 5. The molecule has 0 saturated heterocycles. The van der Waals surface area contributed by atoms with Crippen molar-refractivity contribution in [1.29, 1.82) is 0 Å². The predicted octanol–water partition coefficient (Wildman–Crippen LogP) is 3.94. The van der Waals surface area contributed by atoms with Crippen molar-refractivity contribution in [3.8, 4) is 5.75 Å². The highest BCUT2D eigenvalue weighted by Crippen LogP contribution is 2.31. The fourth-order valence-electron chi connectivity index (χ4n) is 1.45. The van der Waals surface area contributed by atoms with Crippen LogP contribution in [0.5, 0.6) is 5.75 Å². The monoisotopic (exact) mass is 283 g/mol. The zero-order chi connectivity index (χ0) is 12.0. The second-order valence-corrected chi connectivity index (χ2v) is 4.52. The highest BCUT2D eigenvalue weighted by molar-refractivity contribution is 9.10. The molecule has 0 saturated carbocycles. The van der Waals surface area contributed by atoms with E-state index in [0.29, 0.717) is 12.3 Å². The van der Waals surface area contributed by atoms with Crippen LogP contribution in [0.4, 0.5) is 5.69 Å². The Balaban J connectivity index is 3.00. The van der Waals surface area contributed by atoms with Gasteiger partial charge in [-0.25, -0.2) is 0 Å². The summed E-state index contributed by atoms with van der Waals surface area (Å²) < 4.78 is 6.68. The minimum atomic E-state index is 0.697. The van der Waals surface area contributed by atoms with Crippen molar-refractivity contribution in [2.24, 2.45) is 0 Å². The van der Waals surface area contributed by atoms with Gasteiger partial charge in [0.05, 0.1) is 12.3 Å². The predicted molar refractivity (Wildman–Crippen MR) is 72.9 cm³/mol. The summed E-state index contributed by atoms with van der Waals surface area (Å²) in [5.74, 6) is 0.822. The molecular formula is C13H18BrNO. The van der Waals surface area contributed by atoms with E-state index in [-0.39, 0.29) is 0 Å². The SMILES string of the molecule is CC=CCc1cc(Br)cc(N)c1OCCC. The minimum absolute atomic E-state index is 0.697. The van der Waals surface area contributed by atoms with E-state index in [9.17, 15) is 0 Å². The number of halogens is 1. The van der Waals surface area contributed by atoms with Crippen LogP contribution in [0.3, 0.4) is 0 Å². The standard InChI is InChI=1S/C13H18BrNO/c1-3-5-6-10-8-11(14)9-12(15)13(10)16-7-4-2/h3,5,8-9H,4,6-7,15H2,1-2H3. The van der Waals surface area contributed by atoms with Gasteiger partial charge in [-0.05, 0) is 31.9 Å². The summed E-state index contributed by atoms with van der Waals surface area (Å²) in [6.45, 7) is 4.79. The summed E-state index contributed by atoms with van der Waals surface area (Å²) in [6, 6.07) is 3.94. The molecule has 1 aromatic carbocycles. The Bertz CT molecular complexity index is 374. The van der Waals surface area contributed by atoms with E-state index >= 15 is 0 Å². The van der Waals surface area contributed by atoms with Crippen LogP contribution in [0.2, 0.25) is 0 Å². The van der Waals surface area contributed by atoms with Crippen molar-refractivity contribution >= 4 is 21.6 Å². The van der Waals surface area contributed by atoms with Crippen molar-refractivity contribution < 1.29 is 4.74 Å². The van der Waals surface area contributed by atoms with Gasteiger partial charge in [-0.1, -0.05) is 35.0 Å². The first-order valence-electron chi connectivity index (χ1n) is 5.50. The Morgan fingerprint density at radius 1 is 1.44 bits per heavy atom. The van der Waals surface area contributed by atoms with Crippen molar-refractivity contribution in [2.45, 2.75) is 26.7 Å². The molecule has 1 rings (SSSR count). The van der Waals surface area contributed by atoms with Crippen LogP contribution in [0, 0.1) is 0 Å². The van der Waals surface area contributed by atoms with Gasteiger partial charge in [-0.15, -0.1) is 0 Å². The largest absolute Gasteiger partial charge is 0.491 e. The molecule has 2 nitrogen and oxygen atoms in total. The molecule has 0 unspecified atom stereocenters. The van der Waals surface area contributed by atoms with Crippen LogP contribution in [0.15, 0.2) is 28.8 Å². The third kappa shape index (κ3) is 3.56. The van der Waals surface area contributed by atoms with Gasteiger partial charge in [-0.2, -0.15) is 0 Å². The third-order valence-corrected chi connectivity index (χ3v) is 2.64. The molecular weight excluding hydrogens is 266 g/mol. The number of anilines is 1. The average Bonchev–Trinajstić information content (AvgIpc) is 2.24. The summed E-state index contributed by atoms with van der Waals surface area (Å²) in [6.07, 6.45) is 5.96. The van der Waals surface area contributed by atoms with Gasteiger partial charge in [0, 0.05) is 10.0 Å². The van der Waals surface area contributed by atoms with Gasteiger partial charge in [-0.3, -0.25) is 0 Å². The van der Waals surface area contributed by atoms with E-state index < -0.39 is 0 Å². The summed E-state index contributed by atoms with van der Waals surface area (Å²) in [4.78, 5) is 0. The van der Waals surface area contributed by atoms with Crippen LogP contribution in [-0.4, -0.2) is 6.61 Å². The number of allylic oxidation sites excluding steroid dienone is 2. The summed E-state index contributed by atoms with van der Waals surface area (Å²) in [7, 11) is 0. The molecule has 0 fully saturated rings. The fraction of sp³-hybridized carbons (Fsp3) is 0.385. The van der Waals surface area contributed by atoms with E-state index in [1.807, 2.05) is 19.1 Å². The number of nitrogens with two attached hydrogens (primary N) is 1. The van der Waals surface area contributed by atoms with Crippen molar-refractivity contribution in [3.05, 3.63) is 34.3 Å². The molecule has 0 heterocycles. The summed E-state index contributed by atoms with van der Waals surface area (Å²) >= 11 is 3.45. The molecule has 0 aliphatic rings. The number of ether oxygens (including phenoxy) is 1. The highest BCUT2D eigenvalue weighted by atomic mass is 79.9. The Labute approximate surface area is 106 Å². The number of hydrogen-bond donors (Lipinski definition) is 1. The molecule has 2 N–H and O–H groups in total. The maximum Gasteiger partial charge on any atom is 0.145 e. The molecule has 0 atom stereocenters. The van der Waals surface area contributed by atoms with E-state index in [1.54, 1.807) is 0 Å². The maximum atomic E-state index is 5.96. The molecule has 0 radical (unpaired) electrons. The Morgan fingerprint density at radius 3 is 2.81 bits per heavy atom. The van der Waals surface area contributed by atoms with Crippen LogP contribution >= 0.6 is 15.9 Å². The molecule has 0 aliphatic heterocycles. The van der Waals surface area contributed by atoms with Crippen molar-refractivity contribution in [3.63, 3.8) is 0 Å². The molecule has 0 spiro atoms. The van der Waals surface area contributed by atoms with E-state index in [1.165, 1.54) is 0 Å². The zero-order valence-corrected chi connectivity index (χ0v) is 11.4. The van der Waals surface area contributed by atoms with E-state index in [0.717, 1.165) is 28.6 Å². The second-order valence-electron chi connectivity index (χ2n) is 3.60. The zero-order valence-electron chi connectivity index (χ0n) is 9.79. The lowest BCUT2D eigenvalue weighted by Gasteiger charge is -2.13. The molecule has 16 heavy (non-hydrogen) atoms. The van der Waals surface area contributed by atoms with Gasteiger partial charge in [0.1, 0.15) is 5.75 Å². The molecule has 1 aromatic rings. The van der Waals surface area contributed by atoms with Crippen LogP contribution in [0.25, 0.3) is 0 Å². The number of hydrogen-bond acceptors (Lipinski definition) is 2. The average molecular weight is 284 g/mol. The Kier molecular flexibility index (Phi) is 5.39. The van der Waals surface area contributed by atoms with Crippen molar-refractivity contribution in [1.82, 2.24) is 0 Å². The van der Waals surface area contributed by atoms with Crippen molar-refractivity contribution in [2.75, 3.05) is 12.3 Å². The number of benzene rings is 1. The van der Waals surface area contributed by atoms with E-state index in [2.05, 4.69) is 35.0 Å². The Morgan fingerprint density at radius 2 is 2.19 bits per heavy atom. The summed E-state index contributed by atoms with van der Waals surface area (Å²) in [5.41, 5.74) is 7.78. The summed E-state index contributed by atoms with van der Waals surface area (Å²) in [5, 5.41) is 0. The van der Waals surface area contributed by atoms with Crippen LogP contribution in [-0.2, 0) is 6.42 Å². The molecule has 0 aliphatic carbocycles. The fourth-order valence-corrected chi connectivity index (χ4v) is 1.97. The Hall–Kier alpha value is -0.960. The first-order chi connectivity index (χ1) is 7.69. The number of nitrogen functional groups attached to an aromatic ring is 1. The van der Waals surface area contributed by atoms with E-state index in [4.69, 9.17) is 10.5 Å². The topological polar surface area (TPSA) is 35.2 Å². The van der Waals surface area contributed by atoms with Crippen LogP contribution in [0.1, 0.15) is 25.8 Å².